The first-order valence-electron chi connectivity index (χ1n) is 10.4. The third kappa shape index (κ3) is 4.68. The van der Waals surface area contributed by atoms with Crippen molar-refractivity contribution in [3.05, 3.63) is 75.9 Å². The minimum Gasteiger partial charge on any atom is -0.479 e. The van der Waals surface area contributed by atoms with Crippen LogP contribution < -0.4 is 14.4 Å². The summed E-state index contributed by atoms with van der Waals surface area (Å²) >= 11 is 2.22. The number of carboxylic acid groups (broad SMARTS) is 1. The van der Waals surface area contributed by atoms with Crippen molar-refractivity contribution in [1.82, 2.24) is 0 Å². The largest absolute Gasteiger partial charge is 0.479 e. The summed E-state index contributed by atoms with van der Waals surface area (Å²) in [6, 6.07) is 21.5. The lowest BCUT2D eigenvalue weighted by Crippen LogP contribution is -2.35. The molecule has 1 heterocycles. The quantitative estimate of drug-likeness (QED) is 0.351. The van der Waals surface area contributed by atoms with E-state index in [4.69, 9.17) is 14.2 Å². The number of rotatable bonds is 8. The van der Waals surface area contributed by atoms with E-state index in [-0.39, 0.29) is 6.23 Å². The molecule has 0 radical (unpaired) electrons. The first-order valence-corrected chi connectivity index (χ1v) is 11.5. The van der Waals surface area contributed by atoms with Gasteiger partial charge in [-0.2, -0.15) is 0 Å². The second-order valence-corrected chi connectivity index (χ2v) is 8.54. The maximum absolute atomic E-state index is 11.4. The van der Waals surface area contributed by atoms with Gasteiger partial charge in [0, 0.05) is 13.0 Å². The van der Waals surface area contributed by atoms with Crippen LogP contribution in [0.2, 0.25) is 0 Å². The number of carboxylic acids is 1. The van der Waals surface area contributed by atoms with Gasteiger partial charge in [0.05, 0.1) is 14.9 Å². The number of ether oxygens (including phenoxy) is 3. The summed E-state index contributed by atoms with van der Waals surface area (Å²) in [5.74, 6) is 1.33. The zero-order chi connectivity index (χ0) is 22.7. The van der Waals surface area contributed by atoms with Gasteiger partial charge in [-0.25, -0.2) is 4.79 Å². The number of fused-ring (bicyclic) bond motifs is 2. The van der Waals surface area contributed by atoms with E-state index in [1.165, 1.54) is 0 Å². The van der Waals surface area contributed by atoms with Gasteiger partial charge in [0.25, 0.3) is 0 Å². The molecular formula is C25H24INO5. The van der Waals surface area contributed by atoms with Crippen molar-refractivity contribution in [3.8, 4) is 17.2 Å². The van der Waals surface area contributed by atoms with E-state index >= 15 is 0 Å². The summed E-state index contributed by atoms with van der Waals surface area (Å²) in [6.07, 6.45) is -0.863. The molecule has 7 heteroatoms. The average Bonchev–Trinajstić information content (AvgIpc) is 2.78. The fourth-order valence-corrected chi connectivity index (χ4v) is 4.47. The molecule has 166 valence electrons. The van der Waals surface area contributed by atoms with Crippen LogP contribution in [0.15, 0.2) is 66.7 Å². The highest BCUT2D eigenvalue weighted by Gasteiger charge is 2.29. The number of hydrogen-bond donors (Lipinski definition) is 1. The Bertz CT molecular complexity index is 1070. The van der Waals surface area contributed by atoms with Gasteiger partial charge < -0.3 is 19.3 Å². The average molecular weight is 545 g/mol. The van der Waals surface area contributed by atoms with Gasteiger partial charge >= 0.3 is 5.97 Å². The third-order valence-electron chi connectivity index (χ3n) is 5.19. The van der Waals surface area contributed by atoms with Crippen LogP contribution >= 0.6 is 22.6 Å². The molecule has 0 spiro atoms. The molecule has 2 atom stereocenters. The van der Waals surface area contributed by atoms with Crippen LogP contribution in [-0.4, -0.2) is 30.0 Å². The van der Waals surface area contributed by atoms with Crippen molar-refractivity contribution in [3.63, 3.8) is 0 Å². The molecule has 4 rings (SSSR count). The van der Waals surface area contributed by atoms with Crippen molar-refractivity contribution < 1.29 is 24.1 Å². The van der Waals surface area contributed by atoms with E-state index in [0.717, 1.165) is 37.8 Å². The third-order valence-corrected chi connectivity index (χ3v) is 6.03. The first kappa shape index (κ1) is 22.4. The molecule has 2 unspecified atom stereocenters. The minimum atomic E-state index is -0.958. The van der Waals surface area contributed by atoms with Gasteiger partial charge in [0.15, 0.2) is 23.8 Å². The highest BCUT2D eigenvalue weighted by Crippen LogP contribution is 2.47. The second kappa shape index (κ2) is 9.79. The maximum Gasteiger partial charge on any atom is 0.333 e. The molecule has 0 saturated carbocycles. The molecule has 0 aromatic heterocycles. The van der Waals surface area contributed by atoms with E-state index < -0.39 is 12.1 Å². The Labute approximate surface area is 200 Å². The lowest BCUT2D eigenvalue weighted by Gasteiger charge is -2.36. The van der Waals surface area contributed by atoms with Gasteiger partial charge in [-0.05, 0) is 78.4 Å². The lowest BCUT2D eigenvalue weighted by atomic mass is 10.1. The highest BCUT2D eigenvalue weighted by molar-refractivity contribution is 14.1. The molecule has 0 saturated heterocycles. The summed E-state index contributed by atoms with van der Waals surface area (Å²) in [5.41, 5.74) is 2.76. The highest BCUT2D eigenvalue weighted by atomic mass is 127. The molecule has 0 fully saturated rings. The van der Waals surface area contributed by atoms with Crippen molar-refractivity contribution in [2.75, 3.05) is 11.5 Å². The van der Waals surface area contributed by atoms with Crippen molar-refractivity contribution in [1.29, 1.82) is 0 Å². The maximum atomic E-state index is 11.4. The van der Waals surface area contributed by atoms with E-state index in [1.54, 1.807) is 6.92 Å². The summed E-state index contributed by atoms with van der Waals surface area (Å²) in [4.78, 5) is 13.5. The van der Waals surface area contributed by atoms with Crippen molar-refractivity contribution in [2.24, 2.45) is 0 Å². The van der Waals surface area contributed by atoms with Crippen LogP contribution in [0.5, 0.6) is 17.2 Å². The van der Waals surface area contributed by atoms with Crippen LogP contribution in [0.3, 0.4) is 0 Å². The number of nitrogens with zero attached hydrogens (tertiary/aromatic N) is 1. The fraction of sp³-hybridized carbons (Fsp3) is 0.240. The molecular weight excluding hydrogens is 521 g/mol. The summed E-state index contributed by atoms with van der Waals surface area (Å²) in [7, 11) is 0. The van der Waals surface area contributed by atoms with E-state index in [1.807, 2.05) is 73.7 Å². The topological polar surface area (TPSA) is 68.2 Å². The second-order valence-electron chi connectivity index (χ2n) is 7.38. The zero-order valence-corrected chi connectivity index (χ0v) is 20.0. The number of para-hydroxylation sites is 4. The molecule has 6 nitrogen and oxygen atoms in total. The van der Waals surface area contributed by atoms with Crippen LogP contribution in [0, 0.1) is 3.57 Å². The fourth-order valence-electron chi connectivity index (χ4n) is 3.76. The number of hydrogen-bond acceptors (Lipinski definition) is 5. The SMILES string of the molecule is CCOC(Cc1ccc(OC(C)N2c3ccccc3Oc3ccccc32)c(I)c1)C(=O)O. The lowest BCUT2D eigenvalue weighted by molar-refractivity contribution is -0.149. The summed E-state index contributed by atoms with van der Waals surface area (Å²) in [6.45, 7) is 4.15. The van der Waals surface area contributed by atoms with E-state index in [2.05, 4.69) is 27.5 Å². The molecule has 1 aliphatic heterocycles. The monoisotopic (exact) mass is 545 g/mol. The van der Waals surface area contributed by atoms with Crippen LogP contribution in [0.4, 0.5) is 11.4 Å². The predicted octanol–water partition coefficient (Wildman–Crippen LogP) is 5.99. The van der Waals surface area contributed by atoms with Crippen LogP contribution in [0.25, 0.3) is 0 Å². The molecule has 1 N–H and O–H groups in total. The molecule has 0 bridgehead atoms. The zero-order valence-electron chi connectivity index (χ0n) is 17.8. The van der Waals surface area contributed by atoms with Crippen molar-refractivity contribution in [2.45, 2.75) is 32.6 Å². The standard InChI is InChI=1S/C25H24INO5/c1-3-30-24(25(28)29)15-17-12-13-21(18(26)14-17)31-16(2)27-19-8-4-6-10-22(19)32-23-11-7-5-9-20(23)27/h4-14,16,24H,3,15H2,1-2H3,(H,28,29). The Balaban J connectivity index is 1.57. The van der Waals surface area contributed by atoms with Gasteiger partial charge in [-0.1, -0.05) is 30.3 Å². The van der Waals surface area contributed by atoms with Crippen LogP contribution in [-0.2, 0) is 16.0 Å². The number of benzene rings is 3. The Morgan fingerprint density at radius 3 is 2.25 bits per heavy atom. The minimum absolute atomic E-state index is 0.305. The van der Waals surface area contributed by atoms with Gasteiger partial charge in [0.2, 0.25) is 0 Å². The van der Waals surface area contributed by atoms with Crippen LogP contribution in [0.1, 0.15) is 19.4 Å². The number of aliphatic carboxylic acids is 1. The number of carbonyl (C=O) groups is 1. The van der Waals surface area contributed by atoms with E-state index in [0.29, 0.717) is 13.0 Å². The molecule has 32 heavy (non-hydrogen) atoms. The molecule has 3 aromatic carbocycles. The Kier molecular flexibility index (Phi) is 6.86. The molecule has 0 aliphatic carbocycles. The molecule has 1 aliphatic rings. The Morgan fingerprint density at radius 1 is 1.06 bits per heavy atom. The van der Waals surface area contributed by atoms with Gasteiger partial charge in [-0.15, -0.1) is 0 Å². The van der Waals surface area contributed by atoms with Crippen molar-refractivity contribution >= 4 is 39.9 Å². The summed E-state index contributed by atoms with van der Waals surface area (Å²) < 4.78 is 18.7. The Hall–Kier alpha value is -2.78. The predicted molar refractivity (Wildman–Crippen MR) is 131 cm³/mol. The van der Waals surface area contributed by atoms with Gasteiger partial charge in [0.1, 0.15) is 5.75 Å². The van der Waals surface area contributed by atoms with Gasteiger partial charge in [-0.3, -0.25) is 4.90 Å². The van der Waals surface area contributed by atoms with E-state index in [9.17, 15) is 9.90 Å². The normalized spacial score (nSPS) is 14.0. The molecule has 0 amide bonds. The smallest absolute Gasteiger partial charge is 0.333 e. The summed E-state index contributed by atoms with van der Waals surface area (Å²) in [5, 5.41) is 9.35. The Morgan fingerprint density at radius 2 is 1.69 bits per heavy atom. The number of anilines is 2. The molecule has 3 aromatic rings. The first-order chi connectivity index (χ1) is 15.5. The number of halogens is 1.